The molecule has 2 heterocycles. The Morgan fingerprint density at radius 1 is 1.13 bits per heavy atom. The summed E-state index contributed by atoms with van der Waals surface area (Å²) in [5, 5.41) is 8.01. The fraction of sp³-hybridized carbons (Fsp3) is 0.130. The first-order chi connectivity index (χ1) is 14.9. The van der Waals surface area contributed by atoms with Gasteiger partial charge in [-0.2, -0.15) is 5.10 Å². The Balaban J connectivity index is 1.60. The van der Waals surface area contributed by atoms with Gasteiger partial charge in [0, 0.05) is 11.6 Å². The van der Waals surface area contributed by atoms with Gasteiger partial charge in [0.2, 0.25) is 0 Å². The number of hydrogen-bond donors (Lipinski definition) is 2. The number of pyridine rings is 1. The van der Waals surface area contributed by atoms with Gasteiger partial charge in [0.25, 0.3) is 11.8 Å². The molecule has 0 atom stereocenters. The molecule has 0 radical (unpaired) electrons. The minimum Gasteiger partial charge on any atom is -0.497 e. The molecular weight excluding hydrogens is 394 g/mol. The zero-order chi connectivity index (χ0) is 22.0. The molecule has 0 saturated carbocycles. The normalized spacial score (nSPS) is 10.8. The summed E-state index contributed by atoms with van der Waals surface area (Å²) < 4.78 is 6.93. The summed E-state index contributed by atoms with van der Waals surface area (Å²) in [7, 11) is 1.62. The van der Waals surface area contributed by atoms with Crippen LogP contribution in [-0.4, -0.2) is 33.7 Å². The number of anilines is 1. The summed E-state index contributed by atoms with van der Waals surface area (Å²) >= 11 is 0. The number of aromatic nitrogens is 3. The molecule has 156 valence electrons. The number of carbonyl (C=O) groups is 2. The molecule has 0 aliphatic carbocycles. The van der Waals surface area contributed by atoms with Crippen LogP contribution >= 0.6 is 0 Å². The van der Waals surface area contributed by atoms with Crippen molar-refractivity contribution in [3.63, 3.8) is 0 Å². The molecule has 0 bridgehead atoms. The van der Waals surface area contributed by atoms with Crippen molar-refractivity contribution in [3.05, 3.63) is 83.3 Å². The topological polar surface area (TPSA) is 112 Å². The largest absolute Gasteiger partial charge is 0.497 e. The van der Waals surface area contributed by atoms with Gasteiger partial charge in [-0.05, 0) is 36.8 Å². The standard InChI is InChI=1S/C23H21N5O3/c1-14-21(13-28(27-14)12-15-7-9-16(31-2)10-8-15)26-23(30)18-11-20(22(24)29)25-19-6-4-3-5-17(18)19/h3-11,13H,12H2,1-2H3,(H2,24,29)(H,26,30). The van der Waals surface area contributed by atoms with Crippen molar-refractivity contribution in [2.45, 2.75) is 13.5 Å². The molecule has 2 amide bonds. The number of rotatable bonds is 6. The zero-order valence-corrected chi connectivity index (χ0v) is 17.1. The summed E-state index contributed by atoms with van der Waals surface area (Å²) in [6.45, 7) is 2.37. The number of nitrogens with one attached hydrogen (secondary N) is 1. The van der Waals surface area contributed by atoms with E-state index in [1.807, 2.05) is 37.3 Å². The van der Waals surface area contributed by atoms with Gasteiger partial charge in [0.15, 0.2) is 0 Å². The van der Waals surface area contributed by atoms with Crippen molar-refractivity contribution in [2.75, 3.05) is 12.4 Å². The van der Waals surface area contributed by atoms with E-state index >= 15 is 0 Å². The number of methoxy groups -OCH3 is 1. The van der Waals surface area contributed by atoms with Crippen LogP contribution in [0.5, 0.6) is 5.75 Å². The molecule has 3 N–H and O–H groups in total. The lowest BCUT2D eigenvalue weighted by Crippen LogP contribution is -2.17. The third-order valence-electron chi connectivity index (χ3n) is 4.91. The summed E-state index contributed by atoms with van der Waals surface area (Å²) in [5.41, 5.74) is 8.58. The lowest BCUT2D eigenvalue weighted by molar-refractivity contribution is 0.0996. The van der Waals surface area contributed by atoms with Crippen molar-refractivity contribution in [1.29, 1.82) is 0 Å². The van der Waals surface area contributed by atoms with Crippen LogP contribution in [0.2, 0.25) is 0 Å². The molecule has 0 spiro atoms. The molecule has 8 heteroatoms. The minimum absolute atomic E-state index is 0.0378. The van der Waals surface area contributed by atoms with E-state index in [-0.39, 0.29) is 11.6 Å². The smallest absolute Gasteiger partial charge is 0.267 e. The van der Waals surface area contributed by atoms with E-state index in [4.69, 9.17) is 10.5 Å². The highest BCUT2D eigenvalue weighted by Gasteiger charge is 2.17. The van der Waals surface area contributed by atoms with Crippen LogP contribution in [0.25, 0.3) is 10.9 Å². The fourth-order valence-corrected chi connectivity index (χ4v) is 3.32. The van der Waals surface area contributed by atoms with Gasteiger partial charge < -0.3 is 15.8 Å². The Hall–Kier alpha value is -4.20. The summed E-state index contributed by atoms with van der Waals surface area (Å²) in [6.07, 6.45) is 1.77. The fourth-order valence-electron chi connectivity index (χ4n) is 3.32. The van der Waals surface area contributed by atoms with Crippen LogP contribution in [0, 0.1) is 6.92 Å². The minimum atomic E-state index is -0.691. The molecule has 2 aromatic heterocycles. The molecule has 4 aromatic rings. The second-order valence-electron chi connectivity index (χ2n) is 7.06. The molecular formula is C23H21N5O3. The summed E-state index contributed by atoms with van der Waals surface area (Å²) in [6, 6.07) is 16.2. The van der Waals surface area contributed by atoms with Crippen molar-refractivity contribution >= 4 is 28.4 Å². The summed E-state index contributed by atoms with van der Waals surface area (Å²) in [5.74, 6) is -0.273. The van der Waals surface area contributed by atoms with Crippen LogP contribution in [-0.2, 0) is 6.54 Å². The molecule has 0 aliphatic heterocycles. The second-order valence-corrected chi connectivity index (χ2v) is 7.06. The first-order valence-electron chi connectivity index (χ1n) is 9.62. The molecule has 0 saturated heterocycles. The van der Waals surface area contributed by atoms with Gasteiger partial charge in [-0.25, -0.2) is 4.98 Å². The Kier molecular flexibility index (Phi) is 5.36. The maximum absolute atomic E-state index is 13.1. The number of primary amides is 1. The van der Waals surface area contributed by atoms with Crippen molar-refractivity contribution < 1.29 is 14.3 Å². The van der Waals surface area contributed by atoms with Crippen LogP contribution in [0.4, 0.5) is 5.69 Å². The van der Waals surface area contributed by atoms with E-state index in [1.54, 1.807) is 36.2 Å². The van der Waals surface area contributed by atoms with Crippen molar-refractivity contribution in [1.82, 2.24) is 14.8 Å². The molecule has 0 unspecified atom stereocenters. The molecule has 4 rings (SSSR count). The third kappa shape index (κ3) is 4.23. The van der Waals surface area contributed by atoms with E-state index in [9.17, 15) is 9.59 Å². The quantitative estimate of drug-likeness (QED) is 0.502. The van der Waals surface area contributed by atoms with Gasteiger partial charge in [-0.15, -0.1) is 0 Å². The van der Waals surface area contributed by atoms with Crippen LogP contribution in [0.3, 0.4) is 0 Å². The number of hydrogen-bond acceptors (Lipinski definition) is 5. The number of para-hydroxylation sites is 1. The number of nitrogens with zero attached hydrogens (tertiary/aromatic N) is 3. The Morgan fingerprint density at radius 2 is 1.87 bits per heavy atom. The predicted molar refractivity (Wildman–Crippen MR) is 117 cm³/mol. The predicted octanol–water partition coefficient (Wildman–Crippen LogP) is 3.15. The number of amides is 2. The van der Waals surface area contributed by atoms with Gasteiger partial charge in [0.1, 0.15) is 11.4 Å². The monoisotopic (exact) mass is 415 g/mol. The average Bonchev–Trinajstić information content (AvgIpc) is 3.11. The highest BCUT2D eigenvalue weighted by molar-refractivity contribution is 6.13. The second kappa shape index (κ2) is 8.27. The third-order valence-corrected chi connectivity index (χ3v) is 4.91. The van der Waals surface area contributed by atoms with Gasteiger partial charge in [0.05, 0.1) is 36.1 Å². The lowest BCUT2D eigenvalue weighted by Gasteiger charge is -2.09. The van der Waals surface area contributed by atoms with E-state index in [1.165, 1.54) is 6.07 Å². The van der Waals surface area contributed by atoms with E-state index in [0.29, 0.717) is 34.4 Å². The maximum Gasteiger partial charge on any atom is 0.267 e. The number of nitrogens with two attached hydrogens (primary N) is 1. The number of benzene rings is 2. The van der Waals surface area contributed by atoms with Crippen LogP contribution < -0.4 is 15.8 Å². The van der Waals surface area contributed by atoms with E-state index < -0.39 is 5.91 Å². The number of ether oxygens (including phenoxy) is 1. The van der Waals surface area contributed by atoms with E-state index in [0.717, 1.165) is 11.3 Å². The SMILES string of the molecule is COc1ccc(Cn2cc(NC(=O)c3cc(C(N)=O)nc4ccccc34)c(C)n2)cc1. The Bertz CT molecular complexity index is 1280. The average molecular weight is 415 g/mol. The van der Waals surface area contributed by atoms with Gasteiger partial charge in [-0.3, -0.25) is 14.3 Å². The molecule has 0 aliphatic rings. The van der Waals surface area contributed by atoms with Crippen molar-refractivity contribution in [2.24, 2.45) is 5.73 Å². The van der Waals surface area contributed by atoms with Crippen LogP contribution in [0.1, 0.15) is 32.1 Å². The number of fused-ring (bicyclic) bond motifs is 1. The number of aryl methyl sites for hydroxylation is 1. The first-order valence-corrected chi connectivity index (χ1v) is 9.62. The number of carbonyl (C=O) groups excluding carboxylic acids is 2. The highest BCUT2D eigenvalue weighted by Crippen LogP contribution is 2.21. The molecule has 8 nitrogen and oxygen atoms in total. The van der Waals surface area contributed by atoms with Gasteiger partial charge in [-0.1, -0.05) is 30.3 Å². The summed E-state index contributed by atoms with van der Waals surface area (Å²) in [4.78, 5) is 28.9. The van der Waals surface area contributed by atoms with Gasteiger partial charge >= 0.3 is 0 Å². The zero-order valence-electron chi connectivity index (χ0n) is 17.1. The lowest BCUT2D eigenvalue weighted by atomic mass is 10.1. The van der Waals surface area contributed by atoms with E-state index in [2.05, 4.69) is 15.4 Å². The van der Waals surface area contributed by atoms with Crippen molar-refractivity contribution in [3.8, 4) is 5.75 Å². The molecule has 31 heavy (non-hydrogen) atoms. The maximum atomic E-state index is 13.1. The first kappa shape index (κ1) is 20.1. The highest BCUT2D eigenvalue weighted by atomic mass is 16.5. The Morgan fingerprint density at radius 3 is 2.58 bits per heavy atom. The van der Waals surface area contributed by atoms with Crippen LogP contribution in [0.15, 0.2) is 60.8 Å². The molecule has 2 aromatic carbocycles. The Labute approximate surface area is 178 Å². The molecule has 0 fully saturated rings.